The van der Waals surface area contributed by atoms with Gasteiger partial charge in [0.05, 0.1) is 12.3 Å². The van der Waals surface area contributed by atoms with Crippen molar-refractivity contribution in [2.45, 2.75) is 6.92 Å². The van der Waals surface area contributed by atoms with E-state index in [-0.39, 0.29) is 18.0 Å². The molecule has 0 aliphatic heterocycles. The van der Waals surface area contributed by atoms with E-state index in [0.29, 0.717) is 12.5 Å². The number of amides is 1. The molecule has 1 amide bonds. The van der Waals surface area contributed by atoms with E-state index in [2.05, 4.69) is 5.32 Å². The van der Waals surface area contributed by atoms with Gasteiger partial charge in [0.25, 0.3) is 0 Å². The van der Waals surface area contributed by atoms with Gasteiger partial charge < -0.3 is 10.1 Å². The second-order valence-corrected chi connectivity index (χ2v) is 2.46. The summed E-state index contributed by atoms with van der Waals surface area (Å²) >= 11 is 0. The number of rotatable bonds is 4. The maximum Gasteiger partial charge on any atom is 0.211 e. The van der Waals surface area contributed by atoms with Gasteiger partial charge in [-0.15, -0.1) is 0 Å². The lowest BCUT2D eigenvalue weighted by Gasteiger charge is -2.09. The van der Waals surface area contributed by atoms with Crippen LogP contribution in [0.4, 0.5) is 14.5 Å². The minimum absolute atomic E-state index is 0.0145. The van der Waals surface area contributed by atoms with E-state index in [4.69, 9.17) is 4.74 Å². The molecule has 0 unspecified atom stereocenters. The van der Waals surface area contributed by atoms with Crippen molar-refractivity contribution in [1.29, 1.82) is 0 Å². The van der Waals surface area contributed by atoms with Gasteiger partial charge in [0.15, 0.2) is 11.6 Å². The maximum absolute atomic E-state index is 13.1. The van der Waals surface area contributed by atoms with Gasteiger partial charge in [-0.05, 0) is 6.92 Å². The van der Waals surface area contributed by atoms with Gasteiger partial charge in [-0.3, -0.25) is 4.79 Å². The Morgan fingerprint density at radius 1 is 1.50 bits per heavy atom. The van der Waals surface area contributed by atoms with Crippen LogP contribution in [0.2, 0.25) is 0 Å². The average molecular weight is 201 g/mol. The Bertz CT molecular complexity index is 342. The molecule has 0 radical (unpaired) electrons. The van der Waals surface area contributed by atoms with E-state index in [1.807, 2.05) is 0 Å². The molecule has 0 aliphatic carbocycles. The predicted molar refractivity (Wildman–Crippen MR) is 47.2 cm³/mol. The van der Waals surface area contributed by atoms with Crippen molar-refractivity contribution >= 4 is 12.1 Å². The molecule has 1 rings (SSSR count). The van der Waals surface area contributed by atoms with Crippen LogP contribution in [-0.2, 0) is 4.79 Å². The Morgan fingerprint density at radius 3 is 2.79 bits per heavy atom. The second kappa shape index (κ2) is 4.55. The van der Waals surface area contributed by atoms with Gasteiger partial charge in [0, 0.05) is 12.1 Å². The van der Waals surface area contributed by atoms with Gasteiger partial charge in [-0.2, -0.15) is 0 Å². The van der Waals surface area contributed by atoms with E-state index in [0.717, 1.165) is 6.07 Å². The van der Waals surface area contributed by atoms with E-state index >= 15 is 0 Å². The van der Waals surface area contributed by atoms with Crippen LogP contribution in [0.3, 0.4) is 0 Å². The molecule has 0 atom stereocenters. The molecule has 0 aromatic heterocycles. The molecule has 0 aliphatic rings. The van der Waals surface area contributed by atoms with Gasteiger partial charge in [0.1, 0.15) is 5.82 Å². The maximum atomic E-state index is 13.1. The van der Waals surface area contributed by atoms with Gasteiger partial charge in [-0.1, -0.05) is 0 Å². The molecular weight excluding hydrogens is 192 g/mol. The summed E-state index contributed by atoms with van der Waals surface area (Å²) in [7, 11) is 0. The van der Waals surface area contributed by atoms with Crippen molar-refractivity contribution in [3.8, 4) is 5.75 Å². The molecule has 1 aromatic carbocycles. The molecule has 0 saturated heterocycles. The first-order valence-corrected chi connectivity index (χ1v) is 4.01. The van der Waals surface area contributed by atoms with Crippen LogP contribution >= 0.6 is 0 Å². The summed E-state index contributed by atoms with van der Waals surface area (Å²) < 4.78 is 30.7. The molecule has 0 heterocycles. The van der Waals surface area contributed by atoms with Crippen LogP contribution in [0.1, 0.15) is 6.92 Å². The molecule has 0 bridgehead atoms. The monoisotopic (exact) mass is 201 g/mol. The molecule has 0 saturated carbocycles. The molecule has 1 N–H and O–H groups in total. The first-order valence-electron chi connectivity index (χ1n) is 4.01. The van der Waals surface area contributed by atoms with Gasteiger partial charge in [0.2, 0.25) is 6.41 Å². The molecule has 76 valence electrons. The smallest absolute Gasteiger partial charge is 0.211 e. The Labute approximate surface area is 79.7 Å². The largest absolute Gasteiger partial charge is 0.489 e. The summed E-state index contributed by atoms with van der Waals surface area (Å²) in [5.74, 6) is -1.76. The SMILES string of the molecule is CCOc1c(F)cc(F)cc1NC=O. The van der Waals surface area contributed by atoms with Crippen LogP contribution in [0.15, 0.2) is 12.1 Å². The number of ether oxygens (including phenoxy) is 1. The number of hydrogen-bond donors (Lipinski definition) is 1. The van der Waals surface area contributed by atoms with Gasteiger partial charge in [-0.25, -0.2) is 8.78 Å². The van der Waals surface area contributed by atoms with Crippen molar-refractivity contribution < 1.29 is 18.3 Å². The molecule has 5 heteroatoms. The molecular formula is C9H9F2NO2. The summed E-state index contributed by atoms with van der Waals surface area (Å²) in [6, 6.07) is 1.68. The summed E-state index contributed by atoms with van der Waals surface area (Å²) in [4.78, 5) is 10.1. The third-order valence-corrected chi connectivity index (χ3v) is 1.51. The van der Waals surface area contributed by atoms with Crippen molar-refractivity contribution in [1.82, 2.24) is 0 Å². The van der Waals surface area contributed by atoms with Gasteiger partial charge >= 0.3 is 0 Å². The fraction of sp³-hybridized carbons (Fsp3) is 0.222. The Balaban J connectivity index is 3.13. The van der Waals surface area contributed by atoms with Crippen LogP contribution in [0.25, 0.3) is 0 Å². The zero-order valence-corrected chi connectivity index (χ0v) is 7.51. The highest BCUT2D eigenvalue weighted by atomic mass is 19.1. The summed E-state index contributed by atoms with van der Waals surface area (Å²) in [5.41, 5.74) is -0.0145. The number of hydrogen-bond acceptors (Lipinski definition) is 2. The minimum atomic E-state index is -0.837. The van der Waals surface area contributed by atoms with E-state index in [9.17, 15) is 13.6 Å². The van der Waals surface area contributed by atoms with Crippen molar-refractivity contribution in [3.63, 3.8) is 0 Å². The third kappa shape index (κ3) is 2.18. The molecule has 1 aromatic rings. The summed E-state index contributed by atoms with van der Waals surface area (Å²) in [6.07, 6.45) is 0.330. The number of nitrogens with one attached hydrogen (secondary N) is 1. The molecule has 0 spiro atoms. The fourth-order valence-corrected chi connectivity index (χ4v) is 1.02. The third-order valence-electron chi connectivity index (χ3n) is 1.51. The van der Waals surface area contributed by atoms with Crippen LogP contribution in [0, 0.1) is 11.6 Å². The van der Waals surface area contributed by atoms with Crippen molar-refractivity contribution in [2.75, 3.05) is 11.9 Å². The Morgan fingerprint density at radius 2 is 2.21 bits per heavy atom. The van der Waals surface area contributed by atoms with Crippen LogP contribution < -0.4 is 10.1 Å². The standard InChI is InChI=1S/C9H9F2NO2/c1-2-14-9-7(11)3-6(10)4-8(9)12-5-13/h3-5H,2H2,1H3,(H,12,13). The second-order valence-electron chi connectivity index (χ2n) is 2.46. The molecule has 3 nitrogen and oxygen atoms in total. The average Bonchev–Trinajstić information content (AvgIpc) is 2.11. The van der Waals surface area contributed by atoms with Crippen LogP contribution in [-0.4, -0.2) is 13.0 Å². The lowest BCUT2D eigenvalue weighted by molar-refractivity contribution is -0.105. The highest BCUT2D eigenvalue weighted by Gasteiger charge is 2.11. The fourth-order valence-electron chi connectivity index (χ4n) is 1.02. The van der Waals surface area contributed by atoms with E-state index in [1.165, 1.54) is 0 Å². The molecule has 14 heavy (non-hydrogen) atoms. The zero-order chi connectivity index (χ0) is 10.6. The first kappa shape index (κ1) is 10.4. The van der Waals surface area contributed by atoms with E-state index < -0.39 is 11.6 Å². The Kier molecular flexibility index (Phi) is 3.39. The predicted octanol–water partition coefficient (Wildman–Crippen LogP) is 1.93. The quantitative estimate of drug-likeness (QED) is 0.756. The highest BCUT2D eigenvalue weighted by Crippen LogP contribution is 2.28. The number of anilines is 1. The van der Waals surface area contributed by atoms with Crippen molar-refractivity contribution in [2.24, 2.45) is 0 Å². The number of carbonyl (C=O) groups excluding carboxylic acids is 1. The normalized spacial score (nSPS) is 9.64. The number of halogens is 2. The first-order chi connectivity index (χ1) is 6.69. The summed E-state index contributed by atoms with van der Waals surface area (Å²) in [6.45, 7) is 1.89. The Hall–Kier alpha value is -1.65. The molecule has 0 fully saturated rings. The minimum Gasteiger partial charge on any atom is -0.489 e. The summed E-state index contributed by atoms with van der Waals surface area (Å²) in [5, 5.41) is 2.16. The highest BCUT2D eigenvalue weighted by molar-refractivity contribution is 5.75. The number of benzene rings is 1. The lowest BCUT2D eigenvalue weighted by Crippen LogP contribution is -2.02. The number of carbonyl (C=O) groups is 1. The van der Waals surface area contributed by atoms with E-state index in [1.54, 1.807) is 6.92 Å². The zero-order valence-electron chi connectivity index (χ0n) is 7.51. The lowest BCUT2D eigenvalue weighted by atomic mass is 10.2. The van der Waals surface area contributed by atoms with Crippen LogP contribution in [0.5, 0.6) is 5.75 Å². The topological polar surface area (TPSA) is 38.3 Å². The van der Waals surface area contributed by atoms with Crippen molar-refractivity contribution in [3.05, 3.63) is 23.8 Å².